The second-order valence-electron chi connectivity index (χ2n) is 6.29. The van der Waals surface area contributed by atoms with Crippen LogP contribution in [0.4, 0.5) is 5.69 Å². The SMILES string of the molecule is COc1ccc(C(=O)Nc2c(O)ccc(C(C)(C)C)c2O)cc1. The molecule has 2 rings (SSSR count). The molecule has 0 radical (unpaired) electrons. The summed E-state index contributed by atoms with van der Waals surface area (Å²) in [6.45, 7) is 5.82. The minimum absolute atomic E-state index is 0.0123. The van der Waals surface area contributed by atoms with Gasteiger partial charge in [-0.05, 0) is 35.7 Å². The van der Waals surface area contributed by atoms with Crippen molar-refractivity contribution in [3.05, 3.63) is 47.5 Å². The predicted molar refractivity (Wildman–Crippen MR) is 89.4 cm³/mol. The molecular weight excluding hydrogens is 294 g/mol. The molecule has 5 nitrogen and oxygen atoms in total. The second-order valence-corrected chi connectivity index (χ2v) is 6.29. The van der Waals surface area contributed by atoms with Gasteiger partial charge < -0.3 is 20.3 Å². The number of benzene rings is 2. The number of amides is 1. The van der Waals surface area contributed by atoms with Crippen molar-refractivity contribution in [2.24, 2.45) is 0 Å². The van der Waals surface area contributed by atoms with Gasteiger partial charge in [-0.1, -0.05) is 26.8 Å². The first-order valence-electron chi connectivity index (χ1n) is 7.25. The third kappa shape index (κ3) is 3.56. The molecule has 0 heterocycles. The summed E-state index contributed by atoms with van der Waals surface area (Å²) >= 11 is 0. The number of hydrogen-bond acceptors (Lipinski definition) is 4. The molecule has 5 heteroatoms. The highest BCUT2D eigenvalue weighted by molar-refractivity contribution is 6.06. The van der Waals surface area contributed by atoms with Crippen LogP contribution in [0.3, 0.4) is 0 Å². The molecule has 0 bridgehead atoms. The molecule has 2 aromatic rings. The number of rotatable bonds is 3. The molecule has 122 valence electrons. The highest BCUT2D eigenvalue weighted by Gasteiger charge is 2.23. The molecule has 0 aromatic heterocycles. The van der Waals surface area contributed by atoms with Crippen LogP contribution >= 0.6 is 0 Å². The highest BCUT2D eigenvalue weighted by Crippen LogP contribution is 2.41. The fraction of sp³-hybridized carbons (Fsp3) is 0.278. The summed E-state index contributed by atoms with van der Waals surface area (Å²) in [7, 11) is 1.54. The minimum atomic E-state index is -0.427. The van der Waals surface area contributed by atoms with Crippen LogP contribution in [0.1, 0.15) is 36.7 Å². The maximum absolute atomic E-state index is 12.3. The molecular formula is C18H21NO4. The lowest BCUT2D eigenvalue weighted by atomic mass is 9.86. The van der Waals surface area contributed by atoms with Gasteiger partial charge in [-0.25, -0.2) is 0 Å². The largest absolute Gasteiger partial charge is 0.506 e. The van der Waals surface area contributed by atoms with Crippen molar-refractivity contribution in [1.82, 2.24) is 0 Å². The zero-order valence-electron chi connectivity index (χ0n) is 13.7. The summed E-state index contributed by atoms with van der Waals surface area (Å²) < 4.78 is 5.05. The standard InChI is InChI=1S/C18H21NO4/c1-18(2,3)13-9-10-14(20)15(16(13)21)19-17(22)11-5-7-12(23-4)8-6-11/h5-10,20-21H,1-4H3,(H,19,22). The Morgan fingerprint density at radius 1 is 1.04 bits per heavy atom. The van der Waals surface area contributed by atoms with Gasteiger partial charge in [-0.15, -0.1) is 0 Å². The Morgan fingerprint density at radius 3 is 2.17 bits per heavy atom. The molecule has 0 aliphatic rings. The van der Waals surface area contributed by atoms with Gasteiger partial charge in [0.2, 0.25) is 0 Å². The van der Waals surface area contributed by atoms with Gasteiger partial charge in [0.25, 0.3) is 5.91 Å². The van der Waals surface area contributed by atoms with Crippen LogP contribution in [-0.4, -0.2) is 23.2 Å². The molecule has 0 aliphatic carbocycles. The lowest BCUT2D eigenvalue weighted by Gasteiger charge is -2.22. The molecule has 0 unspecified atom stereocenters. The molecule has 2 aromatic carbocycles. The molecule has 0 saturated heterocycles. The van der Waals surface area contributed by atoms with Crippen molar-refractivity contribution in [1.29, 1.82) is 0 Å². The third-order valence-electron chi connectivity index (χ3n) is 3.55. The average Bonchev–Trinajstić information content (AvgIpc) is 2.50. The summed E-state index contributed by atoms with van der Waals surface area (Å²) in [6, 6.07) is 9.66. The van der Waals surface area contributed by atoms with Gasteiger partial charge in [0.05, 0.1) is 7.11 Å². The molecule has 0 atom stereocenters. The summed E-state index contributed by atoms with van der Waals surface area (Å²) in [6.07, 6.45) is 0. The van der Waals surface area contributed by atoms with Crippen LogP contribution in [0.25, 0.3) is 0 Å². The highest BCUT2D eigenvalue weighted by atomic mass is 16.5. The van der Waals surface area contributed by atoms with Gasteiger partial charge >= 0.3 is 0 Å². The lowest BCUT2D eigenvalue weighted by molar-refractivity contribution is 0.102. The molecule has 0 aliphatic heterocycles. The summed E-state index contributed by atoms with van der Waals surface area (Å²) in [5.41, 5.74) is 0.724. The predicted octanol–water partition coefficient (Wildman–Crippen LogP) is 3.66. The Bertz CT molecular complexity index is 715. The van der Waals surface area contributed by atoms with E-state index < -0.39 is 5.91 Å². The Kier molecular flexibility index (Phi) is 4.50. The van der Waals surface area contributed by atoms with Gasteiger partial charge in [-0.3, -0.25) is 4.79 Å². The number of phenolic OH excluding ortho intramolecular Hbond substituents is 2. The molecule has 23 heavy (non-hydrogen) atoms. The smallest absolute Gasteiger partial charge is 0.255 e. The average molecular weight is 315 g/mol. The van der Waals surface area contributed by atoms with Crippen LogP contribution in [0.2, 0.25) is 0 Å². The number of methoxy groups -OCH3 is 1. The number of ether oxygens (including phenoxy) is 1. The molecule has 0 fully saturated rings. The number of phenols is 2. The van der Waals surface area contributed by atoms with E-state index in [1.807, 2.05) is 20.8 Å². The minimum Gasteiger partial charge on any atom is -0.506 e. The number of carbonyl (C=O) groups is 1. The monoisotopic (exact) mass is 315 g/mol. The van der Waals surface area contributed by atoms with E-state index in [0.717, 1.165) is 0 Å². The van der Waals surface area contributed by atoms with Crippen LogP contribution in [0.15, 0.2) is 36.4 Å². The molecule has 3 N–H and O–H groups in total. The van der Waals surface area contributed by atoms with E-state index in [2.05, 4.69) is 5.32 Å². The summed E-state index contributed by atoms with van der Waals surface area (Å²) in [5.74, 6) is -0.0944. The normalized spacial score (nSPS) is 11.1. The lowest BCUT2D eigenvalue weighted by Crippen LogP contribution is -2.15. The van der Waals surface area contributed by atoms with Crippen molar-refractivity contribution in [3.63, 3.8) is 0 Å². The molecule has 0 saturated carbocycles. The van der Waals surface area contributed by atoms with Gasteiger partial charge in [0.15, 0.2) is 0 Å². The number of nitrogens with one attached hydrogen (secondary N) is 1. The first-order valence-corrected chi connectivity index (χ1v) is 7.25. The van der Waals surface area contributed by atoms with E-state index in [0.29, 0.717) is 16.9 Å². The van der Waals surface area contributed by atoms with Crippen molar-refractivity contribution >= 4 is 11.6 Å². The first-order chi connectivity index (χ1) is 10.7. The Hall–Kier alpha value is -2.69. The van der Waals surface area contributed by atoms with Crippen LogP contribution in [0.5, 0.6) is 17.2 Å². The number of hydrogen-bond donors (Lipinski definition) is 3. The van der Waals surface area contributed by atoms with E-state index in [9.17, 15) is 15.0 Å². The van der Waals surface area contributed by atoms with Crippen LogP contribution < -0.4 is 10.1 Å². The quantitative estimate of drug-likeness (QED) is 0.755. The van der Waals surface area contributed by atoms with Crippen molar-refractivity contribution in [2.45, 2.75) is 26.2 Å². The molecule has 0 spiro atoms. The maximum atomic E-state index is 12.3. The summed E-state index contributed by atoms with van der Waals surface area (Å²) in [5, 5.41) is 22.9. The van der Waals surface area contributed by atoms with Crippen molar-refractivity contribution in [2.75, 3.05) is 12.4 Å². The fourth-order valence-corrected chi connectivity index (χ4v) is 2.24. The number of aromatic hydroxyl groups is 2. The zero-order chi connectivity index (χ0) is 17.2. The molecule has 1 amide bonds. The fourth-order valence-electron chi connectivity index (χ4n) is 2.24. The van der Waals surface area contributed by atoms with Gasteiger partial charge in [-0.2, -0.15) is 0 Å². The van der Waals surface area contributed by atoms with E-state index in [1.165, 1.54) is 6.07 Å². The van der Waals surface area contributed by atoms with Crippen molar-refractivity contribution < 1.29 is 19.7 Å². The van der Waals surface area contributed by atoms with E-state index >= 15 is 0 Å². The van der Waals surface area contributed by atoms with Gasteiger partial charge in [0.1, 0.15) is 22.9 Å². The Balaban J connectivity index is 2.33. The summed E-state index contributed by atoms with van der Waals surface area (Å²) in [4.78, 5) is 12.3. The topological polar surface area (TPSA) is 78.8 Å². The van der Waals surface area contributed by atoms with Crippen LogP contribution in [-0.2, 0) is 5.41 Å². The number of anilines is 1. The Morgan fingerprint density at radius 2 is 1.65 bits per heavy atom. The third-order valence-corrected chi connectivity index (χ3v) is 3.55. The van der Waals surface area contributed by atoms with E-state index in [1.54, 1.807) is 37.4 Å². The van der Waals surface area contributed by atoms with Crippen LogP contribution in [0, 0.1) is 0 Å². The Labute approximate surface area is 135 Å². The zero-order valence-corrected chi connectivity index (χ0v) is 13.7. The van der Waals surface area contributed by atoms with Crippen molar-refractivity contribution in [3.8, 4) is 17.2 Å². The van der Waals surface area contributed by atoms with Gasteiger partial charge in [0, 0.05) is 11.1 Å². The number of carbonyl (C=O) groups excluding carboxylic acids is 1. The van der Waals surface area contributed by atoms with E-state index in [4.69, 9.17) is 4.74 Å². The first kappa shape index (κ1) is 16.7. The van der Waals surface area contributed by atoms with E-state index in [-0.39, 0.29) is 22.6 Å². The maximum Gasteiger partial charge on any atom is 0.255 e. The second kappa shape index (κ2) is 6.20.